The second-order valence-corrected chi connectivity index (χ2v) is 7.61. The minimum absolute atomic E-state index is 0.0834. The van der Waals surface area contributed by atoms with Crippen molar-refractivity contribution in [3.05, 3.63) is 50.6 Å². The summed E-state index contributed by atoms with van der Waals surface area (Å²) in [5.41, 5.74) is 1.12. The molecule has 0 fully saturated rings. The highest BCUT2D eigenvalue weighted by atomic mass is 79.9. The highest BCUT2D eigenvalue weighted by Crippen LogP contribution is 2.27. The number of carbonyl (C=O) groups excluding carboxylic acids is 1. The van der Waals surface area contributed by atoms with Crippen molar-refractivity contribution in [2.24, 2.45) is 5.92 Å². The van der Waals surface area contributed by atoms with Crippen LogP contribution in [0.3, 0.4) is 0 Å². The number of benzene rings is 1. The quantitative estimate of drug-likeness (QED) is 0.901. The molecule has 0 saturated heterocycles. The molecular weight excluding hydrogens is 350 g/mol. The van der Waals surface area contributed by atoms with E-state index in [1.165, 1.54) is 4.88 Å². The Labute approximate surface area is 136 Å². The van der Waals surface area contributed by atoms with E-state index in [0.29, 0.717) is 13.2 Å². The van der Waals surface area contributed by atoms with Crippen LogP contribution in [0.1, 0.15) is 10.4 Å². The van der Waals surface area contributed by atoms with E-state index < -0.39 is 0 Å². The van der Waals surface area contributed by atoms with Gasteiger partial charge in [-0.15, -0.1) is 11.3 Å². The van der Waals surface area contributed by atoms with Crippen molar-refractivity contribution in [1.29, 1.82) is 0 Å². The standard InChI is InChI=1S/C16H16BrNO2S/c17-15-6-5-13(21-15)7-8-18-16(19)12-9-11-3-1-2-4-14(11)20-10-12/h1-6,12H,7-10H2,(H,18,19). The smallest absolute Gasteiger partial charge is 0.226 e. The van der Waals surface area contributed by atoms with E-state index in [0.717, 1.165) is 27.9 Å². The molecule has 1 aromatic heterocycles. The summed E-state index contributed by atoms with van der Waals surface area (Å²) in [6.07, 6.45) is 1.62. The lowest BCUT2D eigenvalue weighted by molar-refractivity contribution is -0.126. The third-order valence-corrected chi connectivity index (χ3v) is 5.23. The average molecular weight is 366 g/mol. The minimum Gasteiger partial charge on any atom is -0.492 e. The maximum atomic E-state index is 12.2. The average Bonchev–Trinajstić information content (AvgIpc) is 2.92. The molecule has 1 unspecified atom stereocenters. The van der Waals surface area contributed by atoms with Gasteiger partial charge < -0.3 is 10.1 Å². The van der Waals surface area contributed by atoms with E-state index in [1.54, 1.807) is 11.3 Å². The van der Waals surface area contributed by atoms with Gasteiger partial charge in [-0.05, 0) is 52.5 Å². The maximum absolute atomic E-state index is 12.2. The Morgan fingerprint density at radius 1 is 1.33 bits per heavy atom. The van der Waals surface area contributed by atoms with Crippen LogP contribution in [0.5, 0.6) is 5.75 Å². The molecule has 3 nitrogen and oxygen atoms in total. The molecule has 1 amide bonds. The molecule has 2 aromatic rings. The first kappa shape index (κ1) is 14.6. The molecule has 0 bridgehead atoms. The van der Waals surface area contributed by atoms with Gasteiger partial charge in [0.05, 0.1) is 9.70 Å². The molecule has 5 heteroatoms. The largest absolute Gasteiger partial charge is 0.492 e. The zero-order valence-corrected chi connectivity index (χ0v) is 13.9. The minimum atomic E-state index is -0.0880. The molecule has 1 aromatic carbocycles. The molecule has 1 aliphatic heterocycles. The van der Waals surface area contributed by atoms with Gasteiger partial charge in [0.1, 0.15) is 12.4 Å². The summed E-state index contributed by atoms with van der Waals surface area (Å²) in [5.74, 6) is 0.903. The highest BCUT2D eigenvalue weighted by molar-refractivity contribution is 9.11. The van der Waals surface area contributed by atoms with Crippen LogP contribution in [0, 0.1) is 5.92 Å². The van der Waals surface area contributed by atoms with Gasteiger partial charge in [0.25, 0.3) is 0 Å². The third kappa shape index (κ3) is 3.66. The fourth-order valence-electron chi connectivity index (χ4n) is 2.44. The van der Waals surface area contributed by atoms with E-state index in [4.69, 9.17) is 4.74 Å². The molecular formula is C16H16BrNO2S. The molecule has 2 heterocycles. The molecule has 1 N–H and O–H groups in total. The van der Waals surface area contributed by atoms with E-state index in [-0.39, 0.29) is 11.8 Å². The SMILES string of the molecule is O=C(NCCc1ccc(Br)s1)C1COc2ccccc2C1. The summed E-state index contributed by atoms with van der Waals surface area (Å²) >= 11 is 5.15. The Morgan fingerprint density at radius 2 is 2.19 bits per heavy atom. The van der Waals surface area contributed by atoms with E-state index in [9.17, 15) is 4.79 Å². The van der Waals surface area contributed by atoms with Gasteiger partial charge in [-0.25, -0.2) is 0 Å². The number of halogens is 1. The van der Waals surface area contributed by atoms with Gasteiger partial charge in [0, 0.05) is 11.4 Å². The van der Waals surface area contributed by atoms with Crippen LogP contribution in [-0.4, -0.2) is 19.1 Å². The van der Waals surface area contributed by atoms with Crippen LogP contribution in [0.2, 0.25) is 0 Å². The molecule has 0 aliphatic carbocycles. The van der Waals surface area contributed by atoms with Crippen molar-refractivity contribution in [2.45, 2.75) is 12.8 Å². The lowest BCUT2D eigenvalue weighted by Gasteiger charge is -2.24. The number of ether oxygens (including phenoxy) is 1. The van der Waals surface area contributed by atoms with Crippen molar-refractivity contribution in [3.8, 4) is 5.75 Å². The van der Waals surface area contributed by atoms with E-state index in [2.05, 4.69) is 27.3 Å². The van der Waals surface area contributed by atoms with Crippen molar-refractivity contribution < 1.29 is 9.53 Å². The monoisotopic (exact) mass is 365 g/mol. The highest BCUT2D eigenvalue weighted by Gasteiger charge is 2.25. The summed E-state index contributed by atoms with van der Waals surface area (Å²) in [6, 6.07) is 12.0. The Balaban J connectivity index is 1.50. The Bertz CT molecular complexity index is 641. The molecule has 0 radical (unpaired) electrons. The lowest BCUT2D eigenvalue weighted by Crippen LogP contribution is -2.38. The van der Waals surface area contributed by atoms with Crippen LogP contribution in [0.25, 0.3) is 0 Å². The summed E-state index contributed by atoms with van der Waals surface area (Å²) in [5, 5.41) is 3.01. The predicted molar refractivity (Wildman–Crippen MR) is 87.9 cm³/mol. The van der Waals surface area contributed by atoms with Gasteiger partial charge in [-0.1, -0.05) is 18.2 Å². The first-order valence-electron chi connectivity index (χ1n) is 6.95. The number of para-hydroxylation sites is 1. The van der Waals surface area contributed by atoms with Gasteiger partial charge in [-0.2, -0.15) is 0 Å². The zero-order valence-electron chi connectivity index (χ0n) is 11.5. The van der Waals surface area contributed by atoms with Crippen LogP contribution >= 0.6 is 27.3 Å². The number of amides is 1. The van der Waals surface area contributed by atoms with Gasteiger partial charge >= 0.3 is 0 Å². The lowest BCUT2D eigenvalue weighted by atomic mass is 9.96. The summed E-state index contributed by atoms with van der Waals surface area (Å²) in [7, 11) is 0. The van der Waals surface area contributed by atoms with Gasteiger partial charge in [0.2, 0.25) is 5.91 Å². The molecule has 110 valence electrons. The number of carbonyl (C=O) groups is 1. The summed E-state index contributed by atoms with van der Waals surface area (Å²) in [6.45, 7) is 1.14. The first-order valence-corrected chi connectivity index (χ1v) is 8.56. The molecule has 1 aliphatic rings. The van der Waals surface area contributed by atoms with E-state index in [1.807, 2.05) is 30.3 Å². The first-order chi connectivity index (χ1) is 10.2. The number of nitrogens with one attached hydrogen (secondary N) is 1. The van der Waals surface area contributed by atoms with Crippen LogP contribution in [0.4, 0.5) is 0 Å². The Hall–Kier alpha value is -1.33. The number of rotatable bonds is 4. The fraction of sp³-hybridized carbons (Fsp3) is 0.312. The topological polar surface area (TPSA) is 38.3 Å². The van der Waals surface area contributed by atoms with Crippen LogP contribution in [-0.2, 0) is 17.6 Å². The zero-order chi connectivity index (χ0) is 14.7. The van der Waals surface area contributed by atoms with E-state index >= 15 is 0 Å². The molecule has 0 saturated carbocycles. The number of thiophene rings is 1. The van der Waals surface area contributed by atoms with Crippen molar-refractivity contribution in [1.82, 2.24) is 5.32 Å². The van der Waals surface area contributed by atoms with Crippen molar-refractivity contribution in [2.75, 3.05) is 13.2 Å². The fourth-order valence-corrected chi connectivity index (χ4v) is 3.92. The molecule has 3 rings (SSSR count). The second-order valence-electron chi connectivity index (χ2n) is 5.07. The number of fused-ring (bicyclic) bond motifs is 1. The Morgan fingerprint density at radius 3 is 3.00 bits per heavy atom. The second kappa shape index (κ2) is 6.62. The van der Waals surface area contributed by atoms with Gasteiger partial charge in [-0.3, -0.25) is 4.79 Å². The molecule has 21 heavy (non-hydrogen) atoms. The van der Waals surface area contributed by atoms with Crippen LogP contribution < -0.4 is 10.1 Å². The maximum Gasteiger partial charge on any atom is 0.226 e. The predicted octanol–water partition coefficient (Wildman–Crippen LogP) is 3.42. The summed E-state index contributed by atoms with van der Waals surface area (Å²) in [4.78, 5) is 13.5. The van der Waals surface area contributed by atoms with Crippen molar-refractivity contribution in [3.63, 3.8) is 0 Å². The Kier molecular flexibility index (Phi) is 4.60. The van der Waals surface area contributed by atoms with Crippen molar-refractivity contribution >= 4 is 33.2 Å². The molecule has 0 spiro atoms. The molecule has 1 atom stereocenters. The number of hydrogen-bond donors (Lipinski definition) is 1. The third-order valence-electron chi connectivity index (χ3n) is 3.55. The van der Waals surface area contributed by atoms with Crippen LogP contribution in [0.15, 0.2) is 40.2 Å². The normalized spacial score (nSPS) is 16.9. The number of hydrogen-bond acceptors (Lipinski definition) is 3. The van der Waals surface area contributed by atoms with Gasteiger partial charge in [0.15, 0.2) is 0 Å². The summed E-state index contributed by atoms with van der Waals surface area (Å²) < 4.78 is 6.79.